The summed E-state index contributed by atoms with van der Waals surface area (Å²) in [6, 6.07) is 10.9. The largest absolute Gasteiger partial charge is 0.390 e. The molecule has 0 radical (unpaired) electrons. The van der Waals surface area contributed by atoms with Gasteiger partial charge >= 0.3 is 0 Å². The first kappa shape index (κ1) is 18.9. The van der Waals surface area contributed by atoms with Gasteiger partial charge in [-0.2, -0.15) is 0 Å². The third kappa shape index (κ3) is 4.45. The summed E-state index contributed by atoms with van der Waals surface area (Å²) >= 11 is 0. The van der Waals surface area contributed by atoms with E-state index >= 15 is 0 Å². The van der Waals surface area contributed by atoms with E-state index in [1.165, 1.54) is 37.7 Å². The maximum absolute atomic E-state index is 10.6. The van der Waals surface area contributed by atoms with Crippen molar-refractivity contribution in [3.8, 4) is 0 Å². The molecule has 3 nitrogen and oxygen atoms in total. The van der Waals surface area contributed by atoms with E-state index in [1.807, 2.05) is 0 Å². The molecule has 0 aliphatic heterocycles. The minimum absolute atomic E-state index is 0.113. The molecule has 3 rings (SSSR count). The Morgan fingerprint density at radius 1 is 1.04 bits per heavy atom. The first-order valence-corrected chi connectivity index (χ1v) is 10.1. The van der Waals surface area contributed by atoms with Crippen LogP contribution in [0.25, 0.3) is 0 Å². The number of nitrogens with zero attached hydrogens (tertiary/aromatic N) is 1. The van der Waals surface area contributed by atoms with Crippen LogP contribution in [0.1, 0.15) is 63.4 Å². The molecule has 1 unspecified atom stereocenters. The summed E-state index contributed by atoms with van der Waals surface area (Å²) < 4.78 is 6.02. The van der Waals surface area contributed by atoms with Gasteiger partial charge in [0.25, 0.3) is 0 Å². The van der Waals surface area contributed by atoms with Crippen LogP contribution in [0.4, 0.5) is 0 Å². The Bertz CT molecular complexity index is 502. The van der Waals surface area contributed by atoms with Gasteiger partial charge in [-0.1, -0.05) is 49.6 Å². The molecule has 1 aromatic carbocycles. The second kappa shape index (κ2) is 8.66. The molecule has 0 amide bonds. The molecular weight excluding hydrogens is 310 g/mol. The van der Waals surface area contributed by atoms with Crippen LogP contribution < -0.4 is 0 Å². The molecule has 140 valence electrons. The molecular formula is C22H35NO2. The average molecular weight is 346 g/mol. The molecule has 3 heteroatoms. The average Bonchev–Trinajstić information content (AvgIpc) is 2.67. The van der Waals surface area contributed by atoms with Crippen molar-refractivity contribution in [3.63, 3.8) is 0 Å². The summed E-state index contributed by atoms with van der Waals surface area (Å²) in [4.78, 5) is 2.38. The fourth-order valence-corrected chi connectivity index (χ4v) is 4.85. The summed E-state index contributed by atoms with van der Waals surface area (Å²) in [5.74, 6) is 0.375. The van der Waals surface area contributed by atoms with Gasteiger partial charge in [0.1, 0.15) is 0 Å². The van der Waals surface area contributed by atoms with Gasteiger partial charge in [0, 0.05) is 5.54 Å². The van der Waals surface area contributed by atoms with Gasteiger partial charge in [0.2, 0.25) is 0 Å². The number of hydrogen-bond donors (Lipinski definition) is 1. The van der Waals surface area contributed by atoms with E-state index in [-0.39, 0.29) is 11.6 Å². The van der Waals surface area contributed by atoms with Crippen LogP contribution in [0.2, 0.25) is 0 Å². The summed E-state index contributed by atoms with van der Waals surface area (Å²) in [5, 5.41) is 10.6. The molecule has 1 N–H and O–H groups in total. The van der Waals surface area contributed by atoms with Gasteiger partial charge in [0.05, 0.1) is 18.8 Å². The summed E-state index contributed by atoms with van der Waals surface area (Å²) in [6.07, 6.45) is 10.7. The first-order valence-electron chi connectivity index (χ1n) is 10.1. The third-order valence-corrected chi connectivity index (χ3v) is 6.62. The zero-order valence-electron chi connectivity index (χ0n) is 16.0. The Morgan fingerprint density at radius 2 is 1.68 bits per heavy atom. The highest BCUT2D eigenvalue weighted by molar-refractivity contribution is 5.25. The van der Waals surface area contributed by atoms with Crippen LogP contribution in [0.5, 0.6) is 0 Å². The number of rotatable bonds is 6. The Balaban J connectivity index is 1.54. The van der Waals surface area contributed by atoms with E-state index in [0.717, 1.165) is 25.7 Å². The highest BCUT2D eigenvalue weighted by atomic mass is 16.5. The van der Waals surface area contributed by atoms with Crippen LogP contribution in [0.3, 0.4) is 0 Å². The summed E-state index contributed by atoms with van der Waals surface area (Å²) in [6.45, 7) is 0.523. The lowest BCUT2D eigenvalue weighted by atomic mass is 9.70. The van der Waals surface area contributed by atoms with Crippen molar-refractivity contribution in [3.05, 3.63) is 35.9 Å². The third-order valence-electron chi connectivity index (χ3n) is 6.62. The fraction of sp³-hybridized carbons (Fsp3) is 0.727. The molecule has 0 bridgehead atoms. The van der Waals surface area contributed by atoms with Crippen molar-refractivity contribution in [2.24, 2.45) is 5.92 Å². The van der Waals surface area contributed by atoms with E-state index in [9.17, 15) is 5.11 Å². The molecule has 2 fully saturated rings. The van der Waals surface area contributed by atoms with Gasteiger partial charge in [0.15, 0.2) is 0 Å². The maximum atomic E-state index is 10.6. The van der Waals surface area contributed by atoms with Gasteiger partial charge in [-0.05, 0) is 64.1 Å². The van der Waals surface area contributed by atoms with Gasteiger partial charge in [-0.3, -0.25) is 4.90 Å². The lowest BCUT2D eigenvalue weighted by Crippen LogP contribution is -2.46. The van der Waals surface area contributed by atoms with E-state index < -0.39 is 0 Å². The van der Waals surface area contributed by atoms with Crippen molar-refractivity contribution < 1.29 is 9.84 Å². The number of aliphatic hydroxyl groups is 1. The molecule has 0 spiro atoms. The van der Waals surface area contributed by atoms with Crippen LogP contribution in [-0.4, -0.2) is 42.9 Å². The molecule has 2 aliphatic carbocycles. The molecule has 1 atom stereocenters. The predicted octanol–water partition coefficient (Wildman–Crippen LogP) is 4.34. The topological polar surface area (TPSA) is 32.7 Å². The minimum atomic E-state index is -0.308. The molecule has 1 aromatic rings. The highest BCUT2D eigenvalue weighted by Gasteiger charge is 2.40. The molecule has 2 aliphatic rings. The Kier molecular flexibility index (Phi) is 6.54. The smallest absolute Gasteiger partial charge is 0.0801 e. The van der Waals surface area contributed by atoms with Gasteiger partial charge < -0.3 is 9.84 Å². The first-order chi connectivity index (χ1) is 12.1. The normalized spacial score (nSPS) is 29.7. The Morgan fingerprint density at radius 3 is 2.28 bits per heavy atom. The Hall–Kier alpha value is -0.900. The van der Waals surface area contributed by atoms with Crippen LogP contribution in [0, 0.1) is 5.92 Å². The van der Waals surface area contributed by atoms with E-state index in [4.69, 9.17) is 4.74 Å². The minimum Gasteiger partial charge on any atom is -0.390 e. The molecule has 2 saturated carbocycles. The van der Waals surface area contributed by atoms with Gasteiger partial charge in [-0.25, -0.2) is 0 Å². The Labute approximate surface area is 153 Å². The molecule has 25 heavy (non-hydrogen) atoms. The highest BCUT2D eigenvalue weighted by Crippen LogP contribution is 2.43. The molecule has 0 saturated heterocycles. The van der Waals surface area contributed by atoms with Crippen LogP contribution in [-0.2, 0) is 10.3 Å². The lowest BCUT2D eigenvalue weighted by molar-refractivity contribution is -0.0576. The van der Waals surface area contributed by atoms with E-state index in [0.29, 0.717) is 18.6 Å². The number of hydrogen-bond acceptors (Lipinski definition) is 3. The van der Waals surface area contributed by atoms with E-state index in [2.05, 4.69) is 49.3 Å². The number of benzene rings is 1. The van der Waals surface area contributed by atoms with Crippen molar-refractivity contribution >= 4 is 0 Å². The lowest BCUT2D eigenvalue weighted by Gasteiger charge is -2.46. The fourth-order valence-electron chi connectivity index (χ4n) is 4.85. The summed E-state index contributed by atoms with van der Waals surface area (Å²) in [5.41, 5.74) is 1.52. The van der Waals surface area contributed by atoms with Crippen LogP contribution in [0.15, 0.2) is 30.3 Å². The second-order valence-electron chi connectivity index (χ2n) is 8.29. The van der Waals surface area contributed by atoms with Gasteiger partial charge in [-0.15, -0.1) is 0 Å². The second-order valence-corrected chi connectivity index (χ2v) is 8.29. The number of aliphatic hydroxyl groups excluding tert-OH is 1. The molecule has 0 heterocycles. The van der Waals surface area contributed by atoms with Crippen molar-refractivity contribution in [1.82, 2.24) is 4.90 Å². The monoisotopic (exact) mass is 345 g/mol. The molecule has 0 aromatic heterocycles. The zero-order valence-corrected chi connectivity index (χ0v) is 16.0. The zero-order chi connectivity index (χ0) is 17.7. The van der Waals surface area contributed by atoms with E-state index in [1.54, 1.807) is 0 Å². The summed E-state index contributed by atoms with van der Waals surface area (Å²) in [7, 11) is 4.38. The quantitative estimate of drug-likeness (QED) is 0.832. The van der Waals surface area contributed by atoms with Crippen molar-refractivity contribution in [2.45, 2.75) is 75.5 Å². The standard InChI is InChI=1S/C22H35NO2/c1-23(2)22(19-9-5-3-6-10-19)15-13-18(14-16-22)21(24)17-25-20-11-7-4-8-12-20/h3,5-6,9-10,18,20-21,24H,4,7-8,11-17H2,1-2H3. The van der Waals surface area contributed by atoms with Crippen molar-refractivity contribution in [2.75, 3.05) is 20.7 Å². The van der Waals surface area contributed by atoms with Crippen LogP contribution >= 0.6 is 0 Å². The number of ether oxygens (including phenoxy) is 1. The predicted molar refractivity (Wildman–Crippen MR) is 103 cm³/mol. The van der Waals surface area contributed by atoms with Crippen molar-refractivity contribution in [1.29, 1.82) is 0 Å². The SMILES string of the molecule is CN(C)C1(c2ccccc2)CCC(C(O)COC2CCCCC2)CC1. The maximum Gasteiger partial charge on any atom is 0.0801 e.